The first-order valence-electron chi connectivity index (χ1n) is 10.6. The van der Waals surface area contributed by atoms with Crippen molar-refractivity contribution in [2.24, 2.45) is 0 Å². The highest BCUT2D eigenvalue weighted by atomic mass is 19.1. The second kappa shape index (κ2) is 9.16. The highest BCUT2D eigenvalue weighted by Gasteiger charge is 2.35. The van der Waals surface area contributed by atoms with Crippen LogP contribution < -0.4 is 10.6 Å². The molecule has 1 aromatic carbocycles. The SMILES string of the molecule is CCOCCN1OC[C@@H](NC(=O)c2c(C)[nH]c(/C=C3\C(=O)Nc4ccc(F)cc43)c2C)C1=O. The minimum absolute atomic E-state index is 0.0403. The summed E-state index contributed by atoms with van der Waals surface area (Å²) in [6.45, 7) is 6.53. The number of halogens is 1. The Morgan fingerprint density at radius 1 is 1.36 bits per heavy atom. The average molecular weight is 456 g/mol. The van der Waals surface area contributed by atoms with E-state index in [1.165, 1.54) is 23.3 Å². The van der Waals surface area contributed by atoms with Gasteiger partial charge >= 0.3 is 0 Å². The quantitative estimate of drug-likeness (QED) is 0.437. The van der Waals surface area contributed by atoms with Gasteiger partial charge in [0.15, 0.2) is 0 Å². The highest BCUT2D eigenvalue weighted by molar-refractivity contribution is 6.34. The number of aryl methyl sites for hydroxylation is 1. The number of anilines is 1. The zero-order valence-corrected chi connectivity index (χ0v) is 18.6. The third-order valence-electron chi connectivity index (χ3n) is 5.65. The number of carbonyl (C=O) groups is 3. The Hall–Kier alpha value is -3.50. The van der Waals surface area contributed by atoms with Crippen LogP contribution in [0.1, 0.15) is 39.8 Å². The Kier molecular flexibility index (Phi) is 6.30. The van der Waals surface area contributed by atoms with Crippen LogP contribution in [0.4, 0.5) is 10.1 Å². The van der Waals surface area contributed by atoms with Crippen molar-refractivity contribution in [1.29, 1.82) is 0 Å². The van der Waals surface area contributed by atoms with E-state index in [0.29, 0.717) is 52.6 Å². The Balaban J connectivity index is 1.53. The summed E-state index contributed by atoms with van der Waals surface area (Å²) in [5.41, 5.74) is 3.39. The smallest absolute Gasteiger partial charge is 0.271 e. The first-order valence-corrected chi connectivity index (χ1v) is 10.6. The fraction of sp³-hybridized carbons (Fsp3) is 0.348. The topological polar surface area (TPSA) is 113 Å². The zero-order valence-electron chi connectivity index (χ0n) is 18.6. The number of hydroxylamine groups is 2. The number of aromatic amines is 1. The van der Waals surface area contributed by atoms with Gasteiger partial charge in [0, 0.05) is 29.2 Å². The lowest BCUT2D eigenvalue weighted by atomic mass is 10.0. The van der Waals surface area contributed by atoms with Gasteiger partial charge in [0.2, 0.25) is 0 Å². The molecule has 0 radical (unpaired) electrons. The van der Waals surface area contributed by atoms with E-state index in [2.05, 4.69) is 15.6 Å². The zero-order chi connectivity index (χ0) is 23.7. The number of fused-ring (bicyclic) bond motifs is 1. The van der Waals surface area contributed by atoms with Crippen molar-refractivity contribution >= 4 is 35.1 Å². The summed E-state index contributed by atoms with van der Waals surface area (Å²) < 4.78 is 19.0. The van der Waals surface area contributed by atoms with Crippen LogP contribution in [-0.4, -0.2) is 60.2 Å². The molecule has 33 heavy (non-hydrogen) atoms. The maximum Gasteiger partial charge on any atom is 0.271 e. The fourth-order valence-corrected chi connectivity index (χ4v) is 3.98. The first-order chi connectivity index (χ1) is 15.8. The molecule has 3 N–H and O–H groups in total. The molecule has 10 heteroatoms. The predicted molar refractivity (Wildman–Crippen MR) is 119 cm³/mol. The molecule has 0 saturated carbocycles. The third-order valence-corrected chi connectivity index (χ3v) is 5.65. The van der Waals surface area contributed by atoms with Crippen LogP contribution in [0.15, 0.2) is 18.2 Å². The summed E-state index contributed by atoms with van der Waals surface area (Å²) in [7, 11) is 0. The number of nitrogens with one attached hydrogen (secondary N) is 3. The minimum Gasteiger partial charge on any atom is -0.380 e. The van der Waals surface area contributed by atoms with Gasteiger partial charge in [-0.25, -0.2) is 9.45 Å². The lowest BCUT2D eigenvalue weighted by molar-refractivity contribution is -0.164. The molecule has 0 aliphatic carbocycles. The number of amides is 3. The van der Waals surface area contributed by atoms with Crippen molar-refractivity contribution in [1.82, 2.24) is 15.4 Å². The van der Waals surface area contributed by atoms with Crippen LogP contribution in [0, 0.1) is 19.7 Å². The van der Waals surface area contributed by atoms with Crippen LogP contribution in [0.5, 0.6) is 0 Å². The second-order valence-electron chi connectivity index (χ2n) is 7.82. The van der Waals surface area contributed by atoms with Crippen LogP contribution in [0.25, 0.3) is 11.6 Å². The normalized spacial score (nSPS) is 18.7. The molecule has 2 aliphatic rings. The van der Waals surface area contributed by atoms with Crippen LogP contribution in [0.3, 0.4) is 0 Å². The van der Waals surface area contributed by atoms with Gasteiger partial charge in [0.1, 0.15) is 18.5 Å². The number of aromatic nitrogens is 1. The molecule has 3 heterocycles. The molecule has 174 valence electrons. The molecule has 1 fully saturated rings. The van der Waals surface area contributed by atoms with Gasteiger partial charge in [0.25, 0.3) is 17.7 Å². The summed E-state index contributed by atoms with van der Waals surface area (Å²) in [6.07, 6.45) is 1.60. The standard InChI is InChI=1S/C23H25FN4O5/c1-4-32-8-7-28-23(31)19(11-33-28)27-22(30)20-12(2)18(25-13(20)3)10-16-15-9-14(24)5-6-17(15)26-21(16)29/h5-6,9-10,19,25H,4,7-8,11H2,1-3H3,(H,26,29)(H,27,30)/b16-10-/t19-/m1/s1. The number of hydrogen-bond acceptors (Lipinski definition) is 5. The number of H-pyrrole nitrogens is 1. The molecule has 0 bridgehead atoms. The minimum atomic E-state index is -0.801. The molecule has 1 atom stereocenters. The second-order valence-corrected chi connectivity index (χ2v) is 7.82. The maximum absolute atomic E-state index is 13.7. The fourth-order valence-electron chi connectivity index (χ4n) is 3.98. The summed E-state index contributed by atoms with van der Waals surface area (Å²) in [5, 5.41) is 6.62. The molecular formula is C23H25FN4O5. The summed E-state index contributed by atoms with van der Waals surface area (Å²) in [6, 6.07) is 3.28. The molecule has 0 spiro atoms. The molecular weight excluding hydrogens is 431 g/mol. The van der Waals surface area contributed by atoms with E-state index in [0.717, 1.165) is 0 Å². The molecule has 3 amide bonds. The van der Waals surface area contributed by atoms with E-state index >= 15 is 0 Å². The van der Waals surface area contributed by atoms with Gasteiger partial charge in [-0.3, -0.25) is 19.2 Å². The van der Waals surface area contributed by atoms with E-state index in [9.17, 15) is 18.8 Å². The number of benzene rings is 1. The van der Waals surface area contributed by atoms with Gasteiger partial charge in [-0.05, 0) is 50.6 Å². The Morgan fingerprint density at radius 3 is 2.91 bits per heavy atom. The number of ether oxygens (including phenoxy) is 1. The van der Waals surface area contributed by atoms with Crippen LogP contribution in [0.2, 0.25) is 0 Å². The molecule has 2 aromatic rings. The van der Waals surface area contributed by atoms with Gasteiger partial charge in [-0.15, -0.1) is 0 Å². The van der Waals surface area contributed by atoms with Crippen molar-refractivity contribution in [3.8, 4) is 0 Å². The first kappa shape index (κ1) is 22.7. The van der Waals surface area contributed by atoms with Gasteiger partial charge in [-0.1, -0.05) is 0 Å². The van der Waals surface area contributed by atoms with Gasteiger partial charge < -0.3 is 20.4 Å². The van der Waals surface area contributed by atoms with Crippen molar-refractivity contribution in [3.63, 3.8) is 0 Å². The van der Waals surface area contributed by atoms with E-state index in [1.807, 2.05) is 6.92 Å². The van der Waals surface area contributed by atoms with Gasteiger partial charge in [0.05, 0.1) is 24.3 Å². The van der Waals surface area contributed by atoms with E-state index in [1.54, 1.807) is 19.9 Å². The van der Waals surface area contributed by atoms with Crippen LogP contribution in [-0.2, 0) is 19.2 Å². The van der Waals surface area contributed by atoms with Gasteiger partial charge in [-0.2, -0.15) is 0 Å². The van der Waals surface area contributed by atoms with E-state index in [-0.39, 0.29) is 25.0 Å². The summed E-state index contributed by atoms with van der Waals surface area (Å²) in [4.78, 5) is 46.4. The lowest BCUT2D eigenvalue weighted by Crippen LogP contribution is -2.43. The molecule has 4 rings (SSSR count). The maximum atomic E-state index is 13.7. The average Bonchev–Trinajstić information content (AvgIpc) is 3.37. The third kappa shape index (κ3) is 4.39. The Labute approximate surface area is 189 Å². The monoisotopic (exact) mass is 456 g/mol. The molecule has 1 saturated heterocycles. The largest absolute Gasteiger partial charge is 0.380 e. The number of hydrogen-bond donors (Lipinski definition) is 3. The van der Waals surface area contributed by atoms with Crippen molar-refractivity contribution < 1.29 is 28.3 Å². The predicted octanol–water partition coefficient (Wildman–Crippen LogP) is 2.17. The van der Waals surface area contributed by atoms with E-state index in [4.69, 9.17) is 9.57 Å². The van der Waals surface area contributed by atoms with Crippen molar-refractivity contribution in [2.45, 2.75) is 26.8 Å². The van der Waals surface area contributed by atoms with Crippen molar-refractivity contribution in [3.05, 3.63) is 52.1 Å². The van der Waals surface area contributed by atoms with Crippen molar-refractivity contribution in [2.75, 3.05) is 31.7 Å². The Morgan fingerprint density at radius 2 is 2.15 bits per heavy atom. The molecule has 9 nitrogen and oxygen atoms in total. The summed E-state index contributed by atoms with van der Waals surface area (Å²) in [5.74, 6) is -1.57. The summed E-state index contributed by atoms with van der Waals surface area (Å²) >= 11 is 0. The molecule has 2 aliphatic heterocycles. The van der Waals surface area contributed by atoms with Crippen LogP contribution >= 0.6 is 0 Å². The highest BCUT2D eigenvalue weighted by Crippen LogP contribution is 2.34. The Bertz CT molecular complexity index is 1160. The number of nitrogens with zero attached hydrogens (tertiary/aromatic N) is 1. The number of rotatable bonds is 7. The lowest BCUT2D eigenvalue weighted by Gasteiger charge is -2.14. The molecule has 1 aromatic heterocycles. The molecule has 0 unspecified atom stereocenters. The van der Waals surface area contributed by atoms with E-state index < -0.39 is 17.8 Å². The number of carbonyl (C=O) groups excluding carboxylic acids is 3.